The Labute approximate surface area is 162 Å². The van der Waals surface area contributed by atoms with E-state index in [1.165, 1.54) is 18.7 Å². The molecule has 1 amide bonds. The average molecular weight is 379 g/mol. The maximum absolute atomic E-state index is 12.6. The third-order valence-electron chi connectivity index (χ3n) is 4.14. The first kappa shape index (κ1) is 18.9. The summed E-state index contributed by atoms with van der Waals surface area (Å²) in [6, 6.07) is 14.8. The standard InChI is InChI=1S/C21H21N3O2S/c1-4-13-24-19-8-6-5-7-18(19)23-21(24)27-15(3)20(26)22-17-11-9-16(10-12-17)14(2)25/h4-12,15H,1,13H2,2-3H3,(H,22,26)/t15-/m0/s1. The number of Topliss-reactive ketones (excluding diaryl/α,β-unsaturated/α-hetero) is 1. The summed E-state index contributed by atoms with van der Waals surface area (Å²) in [5.74, 6) is -0.120. The van der Waals surface area contributed by atoms with Gasteiger partial charge in [-0.2, -0.15) is 0 Å². The molecule has 27 heavy (non-hydrogen) atoms. The van der Waals surface area contributed by atoms with E-state index in [9.17, 15) is 9.59 Å². The van der Waals surface area contributed by atoms with Crippen LogP contribution in [0.3, 0.4) is 0 Å². The first-order valence-electron chi connectivity index (χ1n) is 8.64. The van der Waals surface area contributed by atoms with Crippen molar-refractivity contribution in [2.75, 3.05) is 5.32 Å². The molecule has 0 radical (unpaired) electrons. The Morgan fingerprint density at radius 3 is 2.59 bits per heavy atom. The van der Waals surface area contributed by atoms with E-state index in [0.717, 1.165) is 16.2 Å². The molecule has 0 saturated heterocycles. The maximum atomic E-state index is 12.6. The van der Waals surface area contributed by atoms with Crippen molar-refractivity contribution < 1.29 is 9.59 Å². The van der Waals surface area contributed by atoms with Gasteiger partial charge in [-0.1, -0.05) is 30.0 Å². The molecule has 0 aliphatic heterocycles. The maximum Gasteiger partial charge on any atom is 0.237 e. The predicted octanol–water partition coefficient (Wildman–Crippen LogP) is 4.54. The molecule has 0 spiro atoms. The molecule has 0 aliphatic carbocycles. The van der Waals surface area contributed by atoms with Crippen molar-refractivity contribution in [2.24, 2.45) is 0 Å². The normalized spacial score (nSPS) is 11.9. The second-order valence-electron chi connectivity index (χ2n) is 6.17. The van der Waals surface area contributed by atoms with Crippen LogP contribution in [0, 0.1) is 0 Å². The van der Waals surface area contributed by atoms with Crippen molar-refractivity contribution in [3.8, 4) is 0 Å². The second kappa shape index (κ2) is 8.22. The molecular formula is C21H21N3O2S. The first-order chi connectivity index (χ1) is 13.0. The Balaban J connectivity index is 1.74. The lowest BCUT2D eigenvalue weighted by atomic mass is 10.1. The van der Waals surface area contributed by atoms with Crippen LogP contribution in [0.1, 0.15) is 24.2 Å². The summed E-state index contributed by atoms with van der Waals surface area (Å²) < 4.78 is 2.05. The van der Waals surface area contributed by atoms with E-state index in [1.54, 1.807) is 24.3 Å². The number of nitrogens with zero attached hydrogens (tertiary/aromatic N) is 2. The van der Waals surface area contributed by atoms with Crippen LogP contribution in [-0.2, 0) is 11.3 Å². The Bertz CT molecular complexity index is 992. The molecule has 0 bridgehead atoms. The number of carbonyl (C=O) groups is 2. The van der Waals surface area contributed by atoms with Gasteiger partial charge >= 0.3 is 0 Å². The molecule has 1 atom stereocenters. The van der Waals surface area contributed by atoms with E-state index in [1.807, 2.05) is 37.3 Å². The van der Waals surface area contributed by atoms with Crippen LogP contribution in [0.2, 0.25) is 0 Å². The number of allylic oxidation sites excluding steroid dienone is 1. The monoisotopic (exact) mass is 379 g/mol. The number of nitrogens with one attached hydrogen (secondary N) is 1. The number of anilines is 1. The van der Waals surface area contributed by atoms with Crippen LogP contribution in [0.5, 0.6) is 0 Å². The summed E-state index contributed by atoms with van der Waals surface area (Å²) in [6.07, 6.45) is 1.82. The number of imidazole rings is 1. The fourth-order valence-electron chi connectivity index (χ4n) is 2.69. The number of carbonyl (C=O) groups excluding carboxylic acids is 2. The number of thioether (sulfide) groups is 1. The molecule has 1 heterocycles. The van der Waals surface area contributed by atoms with Crippen LogP contribution >= 0.6 is 11.8 Å². The number of amides is 1. The van der Waals surface area contributed by atoms with E-state index in [0.29, 0.717) is 17.8 Å². The molecule has 6 heteroatoms. The summed E-state index contributed by atoms with van der Waals surface area (Å²) in [6.45, 7) is 7.80. The van der Waals surface area contributed by atoms with Crippen molar-refractivity contribution in [1.29, 1.82) is 0 Å². The lowest BCUT2D eigenvalue weighted by Crippen LogP contribution is -2.23. The Kier molecular flexibility index (Phi) is 5.76. The Morgan fingerprint density at radius 1 is 1.22 bits per heavy atom. The highest BCUT2D eigenvalue weighted by Gasteiger charge is 2.19. The van der Waals surface area contributed by atoms with Crippen molar-refractivity contribution in [3.63, 3.8) is 0 Å². The second-order valence-corrected chi connectivity index (χ2v) is 7.47. The zero-order chi connectivity index (χ0) is 19.4. The molecule has 1 aromatic heterocycles. The topological polar surface area (TPSA) is 64.0 Å². The van der Waals surface area contributed by atoms with Gasteiger partial charge < -0.3 is 9.88 Å². The molecule has 0 saturated carbocycles. The number of para-hydroxylation sites is 2. The van der Waals surface area contributed by atoms with Gasteiger partial charge in [-0.15, -0.1) is 6.58 Å². The summed E-state index contributed by atoms with van der Waals surface area (Å²) >= 11 is 1.41. The van der Waals surface area contributed by atoms with Crippen molar-refractivity contribution >= 4 is 40.2 Å². The Morgan fingerprint density at radius 2 is 1.93 bits per heavy atom. The lowest BCUT2D eigenvalue weighted by Gasteiger charge is -2.13. The minimum Gasteiger partial charge on any atom is -0.325 e. The molecule has 1 N–H and O–H groups in total. The number of ketones is 1. The van der Waals surface area contributed by atoms with Crippen LogP contribution in [-0.4, -0.2) is 26.5 Å². The largest absolute Gasteiger partial charge is 0.325 e. The lowest BCUT2D eigenvalue weighted by molar-refractivity contribution is -0.115. The fourth-order valence-corrected chi connectivity index (χ4v) is 3.63. The van der Waals surface area contributed by atoms with Gasteiger partial charge in [0.05, 0.1) is 16.3 Å². The van der Waals surface area contributed by atoms with Gasteiger partial charge in [0.1, 0.15) is 0 Å². The Hall–Kier alpha value is -2.86. The van der Waals surface area contributed by atoms with Crippen LogP contribution < -0.4 is 5.32 Å². The van der Waals surface area contributed by atoms with Gasteiger partial charge in [-0.3, -0.25) is 9.59 Å². The van der Waals surface area contributed by atoms with Crippen molar-refractivity contribution in [2.45, 2.75) is 30.8 Å². The van der Waals surface area contributed by atoms with Gasteiger partial charge in [-0.05, 0) is 50.2 Å². The molecule has 2 aromatic carbocycles. The number of benzene rings is 2. The van der Waals surface area contributed by atoms with Crippen LogP contribution in [0.15, 0.2) is 66.3 Å². The highest BCUT2D eigenvalue weighted by atomic mass is 32.2. The molecule has 3 aromatic rings. The zero-order valence-electron chi connectivity index (χ0n) is 15.3. The molecule has 138 valence electrons. The van der Waals surface area contributed by atoms with Crippen molar-refractivity contribution in [1.82, 2.24) is 9.55 Å². The van der Waals surface area contributed by atoms with Gasteiger partial charge in [0.15, 0.2) is 10.9 Å². The van der Waals surface area contributed by atoms with E-state index in [-0.39, 0.29) is 16.9 Å². The summed E-state index contributed by atoms with van der Waals surface area (Å²) in [5, 5.41) is 3.33. The zero-order valence-corrected chi connectivity index (χ0v) is 16.1. The average Bonchev–Trinajstić information content (AvgIpc) is 3.00. The number of fused-ring (bicyclic) bond motifs is 1. The smallest absolute Gasteiger partial charge is 0.237 e. The number of rotatable bonds is 7. The SMILES string of the molecule is C=CCn1c(S[C@@H](C)C(=O)Nc2ccc(C(C)=O)cc2)nc2ccccc21. The van der Waals surface area contributed by atoms with Crippen LogP contribution in [0.4, 0.5) is 5.69 Å². The molecule has 0 aliphatic rings. The first-order valence-corrected chi connectivity index (χ1v) is 9.52. The van der Waals surface area contributed by atoms with Gasteiger partial charge in [0, 0.05) is 17.8 Å². The quantitative estimate of drug-likeness (QED) is 0.372. The van der Waals surface area contributed by atoms with E-state index in [4.69, 9.17) is 0 Å². The summed E-state index contributed by atoms with van der Waals surface area (Å²) in [4.78, 5) is 28.6. The third kappa shape index (κ3) is 4.28. The van der Waals surface area contributed by atoms with Gasteiger partial charge in [0.25, 0.3) is 0 Å². The molecule has 0 fully saturated rings. The number of aromatic nitrogens is 2. The minimum absolute atomic E-state index is 0.00192. The van der Waals surface area contributed by atoms with E-state index >= 15 is 0 Å². The van der Waals surface area contributed by atoms with E-state index < -0.39 is 0 Å². The van der Waals surface area contributed by atoms with Gasteiger partial charge in [0.2, 0.25) is 5.91 Å². The highest BCUT2D eigenvalue weighted by molar-refractivity contribution is 8.00. The van der Waals surface area contributed by atoms with Crippen molar-refractivity contribution in [3.05, 3.63) is 66.7 Å². The molecule has 0 unspecified atom stereocenters. The molecular weight excluding hydrogens is 358 g/mol. The molecule has 5 nitrogen and oxygen atoms in total. The van der Waals surface area contributed by atoms with Gasteiger partial charge in [-0.25, -0.2) is 4.98 Å². The molecule has 3 rings (SSSR count). The number of hydrogen-bond acceptors (Lipinski definition) is 4. The van der Waals surface area contributed by atoms with Crippen LogP contribution in [0.25, 0.3) is 11.0 Å². The number of hydrogen-bond donors (Lipinski definition) is 1. The summed E-state index contributed by atoms with van der Waals surface area (Å²) in [5.41, 5.74) is 3.20. The third-order valence-corrected chi connectivity index (χ3v) is 5.23. The minimum atomic E-state index is -0.335. The van der Waals surface area contributed by atoms with E-state index in [2.05, 4.69) is 21.4 Å². The highest BCUT2D eigenvalue weighted by Crippen LogP contribution is 2.28. The fraction of sp³-hybridized carbons (Fsp3) is 0.190. The summed E-state index contributed by atoms with van der Waals surface area (Å²) in [7, 11) is 0. The predicted molar refractivity (Wildman–Crippen MR) is 110 cm³/mol.